The monoisotopic (exact) mass is 258 g/mol. The SMILES string of the molecule is COc1ccc2ccccc2c1CC(CN)C(N)=O. The fourth-order valence-electron chi connectivity index (χ4n) is 2.26. The summed E-state index contributed by atoms with van der Waals surface area (Å²) in [6.45, 7) is 0.238. The second-order valence-corrected chi connectivity index (χ2v) is 4.51. The molecule has 0 aliphatic carbocycles. The maximum Gasteiger partial charge on any atom is 0.222 e. The second-order valence-electron chi connectivity index (χ2n) is 4.51. The molecule has 1 atom stereocenters. The third-order valence-corrected chi connectivity index (χ3v) is 3.35. The number of hydrogen-bond donors (Lipinski definition) is 2. The lowest BCUT2D eigenvalue weighted by molar-refractivity contribution is -0.121. The Labute approximate surface area is 112 Å². The Hall–Kier alpha value is -2.07. The molecule has 1 amide bonds. The summed E-state index contributed by atoms with van der Waals surface area (Å²) >= 11 is 0. The van der Waals surface area contributed by atoms with Gasteiger partial charge in [-0.25, -0.2) is 0 Å². The first-order chi connectivity index (χ1) is 9.17. The summed E-state index contributed by atoms with van der Waals surface area (Å²) in [4.78, 5) is 11.4. The molecule has 2 rings (SSSR count). The number of rotatable bonds is 5. The predicted molar refractivity (Wildman–Crippen MR) is 75.9 cm³/mol. The first-order valence-electron chi connectivity index (χ1n) is 6.21. The molecule has 1 unspecified atom stereocenters. The maximum absolute atomic E-state index is 11.4. The molecule has 2 aromatic carbocycles. The van der Waals surface area contributed by atoms with Gasteiger partial charge < -0.3 is 16.2 Å². The molecule has 4 nitrogen and oxygen atoms in total. The summed E-state index contributed by atoms with van der Waals surface area (Å²) in [6, 6.07) is 11.9. The van der Waals surface area contributed by atoms with E-state index in [1.54, 1.807) is 7.11 Å². The fourth-order valence-corrected chi connectivity index (χ4v) is 2.26. The topological polar surface area (TPSA) is 78.3 Å². The van der Waals surface area contributed by atoms with Crippen LogP contribution in [0.1, 0.15) is 5.56 Å². The van der Waals surface area contributed by atoms with Gasteiger partial charge in [-0.3, -0.25) is 4.79 Å². The lowest BCUT2D eigenvalue weighted by Gasteiger charge is -2.16. The van der Waals surface area contributed by atoms with E-state index in [0.29, 0.717) is 6.42 Å². The lowest BCUT2D eigenvalue weighted by atomic mass is 9.93. The smallest absolute Gasteiger partial charge is 0.222 e. The highest BCUT2D eigenvalue weighted by molar-refractivity contribution is 5.88. The highest BCUT2D eigenvalue weighted by Crippen LogP contribution is 2.29. The van der Waals surface area contributed by atoms with Gasteiger partial charge in [0.1, 0.15) is 5.75 Å². The number of nitrogens with two attached hydrogens (primary N) is 2. The number of methoxy groups -OCH3 is 1. The number of carbonyl (C=O) groups excluding carboxylic acids is 1. The van der Waals surface area contributed by atoms with E-state index < -0.39 is 0 Å². The molecule has 0 aromatic heterocycles. The number of hydrogen-bond acceptors (Lipinski definition) is 3. The van der Waals surface area contributed by atoms with E-state index in [4.69, 9.17) is 16.2 Å². The van der Waals surface area contributed by atoms with Gasteiger partial charge in [-0.15, -0.1) is 0 Å². The van der Waals surface area contributed by atoms with E-state index in [1.165, 1.54) is 0 Å². The van der Waals surface area contributed by atoms with E-state index in [0.717, 1.165) is 22.1 Å². The Morgan fingerprint density at radius 2 is 2.00 bits per heavy atom. The molecular weight excluding hydrogens is 240 g/mol. The molecule has 0 bridgehead atoms. The van der Waals surface area contributed by atoms with Gasteiger partial charge in [0.05, 0.1) is 13.0 Å². The molecule has 0 spiro atoms. The van der Waals surface area contributed by atoms with Crippen molar-refractivity contribution >= 4 is 16.7 Å². The Morgan fingerprint density at radius 1 is 1.26 bits per heavy atom. The minimum Gasteiger partial charge on any atom is -0.496 e. The van der Waals surface area contributed by atoms with Crippen LogP contribution in [0.5, 0.6) is 5.75 Å². The van der Waals surface area contributed by atoms with Crippen LogP contribution >= 0.6 is 0 Å². The van der Waals surface area contributed by atoms with Crippen molar-refractivity contribution in [2.45, 2.75) is 6.42 Å². The molecule has 19 heavy (non-hydrogen) atoms. The first kappa shape index (κ1) is 13.4. The molecule has 0 radical (unpaired) electrons. The number of carbonyl (C=O) groups is 1. The van der Waals surface area contributed by atoms with Crippen molar-refractivity contribution < 1.29 is 9.53 Å². The van der Waals surface area contributed by atoms with Crippen LogP contribution in [0, 0.1) is 5.92 Å². The van der Waals surface area contributed by atoms with Gasteiger partial charge in [-0.2, -0.15) is 0 Å². The van der Waals surface area contributed by atoms with Crippen molar-refractivity contribution in [3.05, 3.63) is 42.0 Å². The van der Waals surface area contributed by atoms with E-state index >= 15 is 0 Å². The van der Waals surface area contributed by atoms with Crippen LogP contribution in [0.4, 0.5) is 0 Å². The van der Waals surface area contributed by atoms with Gasteiger partial charge in [0, 0.05) is 12.1 Å². The fraction of sp³-hybridized carbons (Fsp3) is 0.267. The molecule has 0 fully saturated rings. The summed E-state index contributed by atoms with van der Waals surface area (Å²) in [5, 5.41) is 2.18. The zero-order valence-corrected chi connectivity index (χ0v) is 10.9. The van der Waals surface area contributed by atoms with Crippen molar-refractivity contribution in [1.29, 1.82) is 0 Å². The van der Waals surface area contributed by atoms with Crippen LogP contribution in [0.25, 0.3) is 10.8 Å². The lowest BCUT2D eigenvalue weighted by Crippen LogP contribution is -2.31. The quantitative estimate of drug-likeness (QED) is 0.852. The van der Waals surface area contributed by atoms with Crippen molar-refractivity contribution in [3.8, 4) is 5.75 Å². The maximum atomic E-state index is 11.4. The van der Waals surface area contributed by atoms with Gasteiger partial charge in [-0.1, -0.05) is 30.3 Å². The van der Waals surface area contributed by atoms with Crippen LogP contribution in [0.2, 0.25) is 0 Å². The van der Waals surface area contributed by atoms with Crippen molar-refractivity contribution in [2.24, 2.45) is 17.4 Å². The molecule has 2 aromatic rings. The largest absolute Gasteiger partial charge is 0.496 e. The first-order valence-corrected chi connectivity index (χ1v) is 6.21. The van der Waals surface area contributed by atoms with E-state index in [-0.39, 0.29) is 18.4 Å². The average Bonchev–Trinajstić information content (AvgIpc) is 2.44. The third kappa shape index (κ3) is 2.69. The van der Waals surface area contributed by atoms with Crippen LogP contribution in [0.15, 0.2) is 36.4 Å². The summed E-state index contributed by atoms with van der Waals surface area (Å²) in [5.74, 6) is 0.00981. The summed E-state index contributed by atoms with van der Waals surface area (Å²) < 4.78 is 5.39. The van der Waals surface area contributed by atoms with Gasteiger partial charge in [0.15, 0.2) is 0 Å². The molecule has 4 N–H and O–H groups in total. The van der Waals surface area contributed by atoms with Crippen molar-refractivity contribution in [3.63, 3.8) is 0 Å². The highest BCUT2D eigenvalue weighted by atomic mass is 16.5. The van der Waals surface area contributed by atoms with Crippen LogP contribution in [-0.2, 0) is 11.2 Å². The summed E-state index contributed by atoms with van der Waals surface area (Å²) in [5.41, 5.74) is 12.0. The molecule has 100 valence electrons. The number of amides is 1. The molecular formula is C15H18N2O2. The molecule has 0 heterocycles. The van der Waals surface area contributed by atoms with Crippen LogP contribution in [0.3, 0.4) is 0 Å². The van der Waals surface area contributed by atoms with Crippen molar-refractivity contribution in [1.82, 2.24) is 0 Å². The predicted octanol–water partition coefficient (Wildman–Crippen LogP) is 1.45. The van der Waals surface area contributed by atoms with Gasteiger partial charge >= 0.3 is 0 Å². The Bertz CT molecular complexity index is 596. The molecule has 0 saturated carbocycles. The molecule has 0 saturated heterocycles. The minimum atomic E-state index is -0.377. The third-order valence-electron chi connectivity index (χ3n) is 3.35. The number of ether oxygens (including phenoxy) is 1. The standard InChI is InChI=1S/C15H18N2O2/c1-19-14-7-6-10-4-2-3-5-12(10)13(14)8-11(9-16)15(17)18/h2-7,11H,8-9,16H2,1H3,(H2,17,18). The van der Waals surface area contributed by atoms with Crippen molar-refractivity contribution in [2.75, 3.05) is 13.7 Å². The van der Waals surface area contributed by atoms with Gasteiger partial charge in [0.25, 0.3) is 0 Å². The van der Waals surface area contributed by atoms with E-state index in [2.05, 4.69) is 0 Å². The number of primary amides is 1. The zero-order valence-electron chi connectivity index (χ0n) is 10.9. The van der Waals surface area contributed by atoms with E-state index in [9.17, 15) is 4.79 Å². The molecule has 0 aliphatic heterocycles. The Balaban J connectivity index is 2.52. The Morgan fingerprint density at radius 3 is 2.63 bits per heavy atom. The van der Waals surface area contributed by atoms with Gasteiger partial charge in [-0.05, 0) is 23.3 Å². The highest BCUT2D eigenvalue weighted by Gasteiger charge is 2.18. The normalized spacial score (nSPS) is 12.3. The summed E-state index contributed by atoms with van der Waals surface area (Å²) in [6.07, 6.45) is 0.496. The molecule has 4 heteroatoms. The average molecular weight is 258 g/mol. The molecule has 0 aliphatic rings. The Kier molecular flexibility index (Phi) is 4.02. The van der Waals surface area contributed by atoms with E-state index in [1.807, 2.05) is 36.4 Å². The van der Waals surface area contributed by atoms with Crippen LogP contribution in [-0.4, -0.2) is 19.6 Å². The number of benzene rings is 2. The van der Waals surface area contributed by atoms with Crippen LogP contribution < -0.4 is 16.2 Å². The summed E-state index contributed by atoms with van der Waals surface area (Å²) in [7, 11) is 1.62. The second kappa shape index (κ2) is 5.71. The van der Waals surface area contributed by atoms with Gasteiger partial charge in [0.2, 0.25) is 5.91 Å². The minimum absolute atomic E-state index is 0.238. The zero-order chi connectivity index (χ0) is 13.8. The number of fused-ring (bicyclic) bond motifs is 1.